The molecule has 17 heavy (non-hydrogen) atoms. The molecular weight excluding hydrogens is 232 g/mol. The molecule has 0 saturated heterocycles. The molecule has 2 rings (SSSR count). The summed E-state index contributed by atoms with van der Waals surface area (Å²) >= 11 is 1.47. The number of rotatable bonds is 4. The van der Waals surface area contributed by atoms with Crippen LogP contribution in [0.3, 0.4) is 0 Å². The van der Waals surface area contributed by atoms with Crippen molar-refractivity contribution in [1.82, 2.24) is 0 Å². The van der Waals surface area contributed by atoms with E-state index in [-0.39, 0.29) is 5.78 Å². The van der Waals surface area contributed by atoms with Crippen LogP contribution >= 0.6 is 11.3 Å². The minimum absolute atomic E-state index is 0.0218. The molecule has 0 aliphatic carbocycles. The molecule has 0 spiro atoms. The average Bonchev–Trinajstić information content (AvgIpc) is 2.91. The number of ketones is 1. The molecule has 2 atom stereocenters. The molecule has 0 bridgehead atoms. The Morgan fingerprint density at radius 2 is 1.88 bits per heavy atom. The van der Waals surface area contributed by atoms with Gasteiger partial charge in [0, 0.05) is 10.4 Å². The van der Waals surface area contributed by atoms with Gasteiger partial charge in [-0.05, 0) is 11.4 Å². The smallest absolute Gasteiger partial charge is 0.168 e. The number of thiophene rings is 1. The summed E-state index contributed by atoms with van der Waals surface area (Å²) in [5.74, 6) is -0.442. The molecule has 1 heterocycles. The van der Waals surface area contributed by atoms with E-state index in [1.165, 1.54) is 11.3 Å². The highest BCUT2D eigenvalue weighted by molar-refractivity contribution is 7.10. The van der Waals surface area contributed by atoms with Gasteiger partial charge in [-0.1, -0.05) is 43.3 Å². The topological polar surface area (TPSA) is 37.3 Å². The number of hydrogen-bond acceptors (Lipinski definition) is 3. The van der Waals surface area contributed by atoms with Crippen molar-refractivity contribution in [2.75, 3.05) is 0 Å². The zero-order valence-corrected chi connectivity index (χ0v) is 10.4. The molecule has 0 fully saturated rings. The lowest BCUT2D eigenvalue weighted by Crippen LogP contribution is -2.18. The largest absolute Gasteiger partial charge is 0.387 e. The van der Waals surface area contributed by atoms with Crippen molar-refractivity contribution in [1.29, 1.82) is 0 Å². The first-order valence-electron chi connectivity index (χ1n) is 5.51. The van der Waals surface area contributed by atoms with E-state index >= 15 is 0 Å². The number of hydrogen-bond donors (Lipinski definition) is 1. The third-order valence-corrected chi connectivity index (χ3v) is 3.72. The fourth-order valence-corrected chi connectivity index (χ4v) is 2.53. The van der Waals surface area contributed by atoms with Crippen LogP contribution in [-0.4, -0.2) is 10.9 Å². The average molecular weight is 246 g/mol. The quantitative estimate of drug-likeness (QED) is 0.840. The summed E-state index contributed by atoms with van der Waals surface area (Å²) < 4.78 is 0. The lowest BCUT2D eigenvalue weighted by molar-refractivity contribution is 0.0723. The molecule has 1 aromatic carbocycles. The van der Waals surface area contributed by atoms with E-state index in [0.717, 1.165) is 4.88 Å². The highest BCUT2D eigenvalue weighted by Gasteiger charge is 2.24. The van der Waals surface area contributed by atoms with E-state index in [1.807, 2.05) is 35.7 Å². The maximum absolute atomic E-state index is 12.1. The second-order valence-corrected chi connectivity index (χ2v) is 4.96. The minimum atomic E-state index is -0.720. The summed E-state index contributed by atoms with van der Waals surface area (Å²) in [5, 5.41) is 12.0. The zero-order valence-electron chi connectivity index (χ0n) is 9.54. The van der Waals surface area contributed by atoms with Crippen LogP contribution in [0.4, 0.5) is 0 Å². The number of aliphatic hydroxyl groups is 1. The molecule has 1 aromatic heterocycles. The van der Waals surface area contributed by atoms with Gasteiger partial charge in [-0.15, -0.1) is 11.3 Å². The molecule has 2 nitrogen and oxygen atoms in total. The standard InChI is InChI=1S/C14H14O2S/c1-10(14(16)12-8-5-9-17-12)13(15)11-6-3-2-4-7-11/h2-10,14,16H,1H3. The van der Waals surface area contributed by atoms with Crippen LogP contribution in [0.2, 0.25) is 0 Å². The first-order valence-corrected chi connectivity index (χ1v) is 6.39. The van der Waals surface area contributed by atoms with Gasteiger partial charge in [-0.2, -0.15) is 0 Å². The first kappa shape index (κ1) is 12.0. The van der Waals surface area contributed by atoms with Gasteiger partial charge in [-0.25, -0.2) is 0 Å². The fourth-order valence-electron chi connectivity index (χ4n) is 1.71. The maximum atomic E-state index is 12.1. The number of aliphatic hydroxyl groups excluding tert-OH is 1. The van der Waals surface area contributed by atoms with Crippen molar-refractivity contribution in [3.63, 3.8) is 0 Å². The first-order chi connectivity index (χ1) is 8.20. The summed E-state index contributed by atoms with van der Waals surface area (Å²) in [4.78, 5) is 13.0. The van der Waals surface area contributed by atoms with Gasteiger partial charge in [0.1, 0.15) is 0 Å². The Hall–Kier alpha value is -1.45. The van der Waals surface area contributed by atoms with Crippen molar-refractivity contribution in [3.8, 4) is 0 Å². The predicted octanol–water partition coefficient (Wildman–Crippen LogP) is 3.30. The molecule has 2 unspecified atom stereocenters. The zero-order chi connectivity index (χ0) is 12.3. The van der Waals surface area contributed by atoms with Crippen LogP contribution in [0, 0.1) is 5.92 Å². The van der Waals surface area contributed by atoms with E-state index in [1.54, 1.807) is 19.1 Å². The fraction of sp³-hybridized carbons (Fsp3) is 0.214. The van der Waals surface area contributed by atoms with Crippen LogP contribution in [0.25, 0.3) is 0 Å². The summed E-state index contributed by atoms with van der Waals surface area (Å²) in [6.07, 6.45) is -0.720. The summed E-state index contributed by atoms with van der Waals surface area (Å²) in [6.45, 7) is 1.76. The van der Waals surface area contributed by atoms with Crippen molar-refractivity contribution in [3.05, 3.63) is 58.3 Å². The van der Waals surface area contributed by atoms with Crippen molar-refractivity contribution in [2.45, 2.75) is 13.0 Å². The molecular formula is C14H14O2S. The van der Waals surface area contributed by atoms with Crippen molar-refractivity contribution < 1.29 is 9.90 Å². The Balaban J connectivity index is 2.16. The van der Waals surface area contributed by atoms with Gasteiger partial charge in [0.25, 0.3) is 0 Å². The Bertz CT molecular complexity index is 476. The van der Waals surface area contributed by atoms with Gasteiger partial charge >= 0.3 is 0 Å². The lowest BCUT2D eigenvalue weighted by Gasteiger charge is -2.16. The molecule has 88 valence electrons. The number of carbonyl (C=O) groups is 1. The van der Waals surface area contributed by atoms with E-state index in [2.05, 4.69) is 0 Å². The molecule has 2 aromatic rings. The van der Waals surface area contributed by atoms with E-state index in [4.69, 9.17) is 0 Å². The Morgan fingerprint density at radius 1 is 1.18 bits per heavy atom. The minimum Gasteiger partial charge on any atom is -0.387 e. The van der Waals surface area contributed by atoms with Crippen LogP contribution in [0.5, 0.6) is 0 Å². The van der Waals surface area contributed by atoms with Crippen LogP contribution in [0.1, 0.15) is 28.3 Å². The second kappa shape index (κ2) is 5.25. The maximum Gasteiger partial charge on any atom is 0.168 e. The number of benzene rings is 1. The summed E-state index contributed by atoms with van der Waals surface area (Å²) in [7, 11) is 0. The predicted molar refractivity (Wildman–Crippen MR) is 69.2 cm³/mol. The van der Waals surface area contributed by atoms with Gasteiger partial charge in [0.2, 0.25) is 0 Å². The molecule has 0 aliphatic rings. The Labute approximate surface area is 105 Å². The third kappa shape index (κ3) is 2.62. The number of Topliss-reactive ketones (excluding diaryl/α,β-unsaturated/α-hetero) is 1. The Kier molecular flexibility index (Phi) is 3.71. The monoisotopic (exact) mass is 246 g/mol. The number of carbonyl (C=O) groups excluding carboxylic acids is 1. The molecule has 0 aliphatic heterocycles. The second-order valence-electron chi connectivity index (χ2n) is 3.98. The summed E-state index contributed by atoms with van der Waals surface area (Å²) in [5.41, 5.74) is 0.649. The molecule has 3 heteroatoms. The van der Waals surface area contributed by atoms with E-state index in [0.29, 0.717) is 5.56 Å². The normalized spacial score (nSPS) is 14.2. The van der Waals surface area contributed by atoms with Crippen LogP contribution in [-0.2, 0) is 0 Å². The molecule has 1 N–H and O–H groups in total. The highest BCUT2D eigenvalue weighted by atomic mass is 32.1. The SMILES string of the molecule is CC(C(=O)c1ccccc1)C(O)c1cccs1. The van der Waals surface area contributed by atoms with Crippen molar-refractivity contribution in [2.24, 2.45) is 5.92 Å². The van der Waals surface area contributed by atoms with Gasteiger partial charge < -0.3 is 5.11 Å². The van der Waals surface area contributed by atoms with Crippen molar-refractivity contribution >= 4 is 17.1 Å². The van der Waals surface area contributed by atoms with Gasteiger partial charge in [0.15, 0.2) is 5.78 Å². The molecule has 0 radical (unpaired) electrons. The Morgan fingerprint density at radius 3 is 2.47 bits per heavy atom. The van der Waals surface area contributed by atoms with Crippen LogP contribution < -0.4 is 0 Å². The van der Waals surface area contributed by atoms with Crippen LogP contribution in [0.15, 0.2) is 47.8 Å². The van der Waals surface area contributed by atoms with E-state index in [9.17, 15) is 9.90 Å². The third-order valence-electron chi connectivity index (χ3n) is 2.78. The molecule has 0 amide bonds. The van der Waals surface area contributed by atoms with Gasteiger partial charge in [-0.3, -0.25) is 4.79 Å². The lowest BCUT2D eigenvalue weighted by atomic mass is 9.93. The summed E-state index contributed by atoms with van der Waals surface area (Å²) in [6, 6.07) is 12.8. The molecule has 0 saturated carbocycles. The van der Waals surface area contributed by atoms with Gasteiger partial charge in [0.05, 0.1) is 12.0 Å². The van der Waals surface area contributed by atoms with E-state index < -0.39 is 12.0 Å². The highest BCUT2D eigenvalue weighted by Crippen LogP contribution is 2.28.